The number of esters is 1. The van der Waals surface area contributed by atoms with Gasteiger partial charge < -0.3 is 20.3 Å². The Morgan fingerprint density at radius 1 is 0.915 bits per heavy atom. The summed E-state index contributed by atoms with van der Waals surface area (Å²) in [6.45, 7) is 8.94. The largest absolute Gasteiger partial charge is 0.465 e. The fourth-order valence-electron chi connectivity index (χ4n) is 6.47. The Bertz CT molecular complexity index is 1500. The zero-order chi connectivity index (χ0) is 34.0. The maximum atomic E-state index is 14.3. The second-order valence-corrected chi connectivity index (χ2v) is 13.8. The van der Waals surface area contributed by atoms with Crippen molar-refractivity contribution < 1.29 is 19.1 Å². The van der Waals surface area contributed by atoms with Gasteiger partial charge in [0, 0.05) is 38.2 Å². The summed E-state index contributed by atoms with van der Waals surface area (Å²) >= 11 is 0. The summed E-state index contributed by atoms with van der Waals surface area (Å²) in [6.07, 6.45) is 4.84. The van der Waals surface area contributed by atoms with Gasteiger partial charge in [0.05, 0.1) is 12.0 Å². The molecular weight excluding hydrogens is 586 g/mol. The molecule has 3 aromatic carbocycles. The second-order valence-electron chi connectivity index (χ2n) is 13.8. The van der Waals surface area contributed by atoms with Gasteiger partial charge in [-0.05, 0) is 75.1 Å². The van der Waals surface area contributed by atoms with Crippen molar-refractivity contribution in [1.82, 2.24) is 9.80 Å². The van der Waals surface area contributed by atoms with Crippen LogP contribution in [0.2, 0.25) is 0 Å². The van der Waals surface area contributed by atoms with Crippen molar-refractivity contribution in [2.45, 2.75) is 77.8 Å². The topological polar surface area (TPSA) is 92.9 Å². The van der Waals surface area contributed by atoms with Crippen LogP contribution in [0.4, 0.5) is 0 Å². The van der Waals surface area contributed by atoms with Crippen LogP contribution in [0.15, 0.2) is 96.6 Å². The van der Waals surface area contributed by atoms with E-state index in [2.05, 4.69) is 24.3 Å². The van der Waals surface area contributed by atoms with Gasteiger partial charge in [-0.1, -0.05) is 97.4 Å². The molecule has 7 nitrogen and oxygen atoms in total. The SMILES string of the molecule is CCCOC(=O)C1(Cc2ccccc2)CCN(C(=O)[C@@H](Cc2ccc(-c3ccccc3)cc2)N(C)C(=O)/C=C(\C)CC(C)(C)N)CC1. The Morgan fingerprint density at radius 3 is 2.06 bits per heavy atom. The molecule has 3 aromatic rings. The van der Waals surface area contributed by atoms with E-state index in [0.717, 1.165) is 34.2 Å². The summed E-state index contributed by atoms with van der Waals surface area (Å²) in [5, 5.41) is 0. The zero-order valence-electron chi connectivity index (χ0n) is 28.7. The molecule has 0 bridgehead atoms. The number of hydrogen-bond donors (Lipinski definition) is 1. The number of piperidine rings is 1. The number of rotatable bonds is 13. The molecular formula is C40H51N3O4. The number of nitrogens with two attached hydrogens (primary N) is 1. The van der Waals surface area contributed by atoms with Gasteiger partial charge in [-0.25, -0.2) is 0 Å². The van der Waals surface area contributed by atoms with Crippen molar-refractivity contribution in [3.63, 3.8) is 0 Å². The molecule has 7 heteroatoms. The summed E-state index contributed by atoms with van der Waals surface area (Å²) in [4.78, 5) is 44.8. The zero-order valence-corrected chi connectivity index (χ0v) is 28.7. The smallest absolute Gasteiger partial charge is 0.312 e. The van der Waals surface area contributed by atoms with Crippen LogP contribution in [0.5, 0.6) is 0 Å². The maximum absolute atomic E-state index is 14.3. The molecule has 1 saturated heterocycles. The van der Waals surface area contributed by atoms with E-state index in [4.69, 9.17) is 10.5 Å². The van der Waals surface area contributed by atoms with E-state index >= 15 is 0 Å². The highest BCUT2D eigenvalue weighted by Gasteiger charge is 2.44. The summed E-state index contributed by atoms with van der Waals surface area (Å²) in [5.74, 6) is -0.542. The highest BCUT2D eigenvalue weighted by atomic mass is 16.5. The Labute approximate surface area is 280 Å². The Balaban J connectivity index is 1.57. The van der Waals surface area contributed by atoms with Crippen molar-refractivity contribution in [2.75, 3.05) is 26.7 Å². The quantitative estimate of drug-likeness (QED) is 0.168. The van der Waals surface area contributed by atoms with Crippen LogP contribution in [-0.4, -0.2) is 65.9 Å². The minimum atomic E-state index is -0.714. The van der Waals surface area contributed by atoms with E-state index in [1.54, 1.807) is 18.0 Å². The minimum absolute atomic E-state index is 0.117. The first kappa shape index (κ1) is 35.6. The molecule has 250 valence electrons. The fourth-order valence-corrected chi connectivity index (χ4v) is 6.47. The van der Waals surface area contributed by atoms with Crippen LogP contribution in [-0.2, 0) is 32.0 Å². The van der Waals surface area contributed by atoms with E-state index < -0.39 is 17.0 Å². The van der Waals surface area contributed by atoms with E-state index in [1.165, 1.54) is 0 Å². The molecule has 1 atom stereocenters. The van der Waals surface area contributed by atoms with Crippen molar-refractivity contribution in [3.8, 4) is 11.1 Å². The summed E-state index contributed by atoms with van der Waals surface area (Å²) in [6, 6.07) is 27.6. The van der Waals surface area contributed by atoms with Crippen LogP contribution >= 0.6 is 0 Å². The average Bonchev–Trinajstić information content (AvgIpc) is 3.06. The standard InChI is InChI=1S/C40H51N3O4/c1-6-25-47-38(46)40(29-32-13-9-7-10-14-32)21-23-43(24-22-40)37(45)35(42(5)36(44)26-30(2)28-39(3,4)41)27-31-17-19-34(20-18-31)33-15-11-8-12-16-33/h7-20,26,35H,6,21-25,27-29,41H2,1-5H3/b30-26+/t35-/m1/s1. The molecule has 1 heterocycles. The average molecular weight is 638 g/mol. The van der Waals surface area contributed by atoms with Crippen molar-refractivity contribution in [2.24, 2.45) is 11.1 Å². The number of ether oxygens (including phenoxy) is 1. The molecule has 0 spiro atoms. The Kier molecular flexibility index (Phi) is 12.2. The van der Waals surface area contributed by atoms with Gasteiger partial charge in [0.25, 0.3) is 0 Å². The molecule has 0 aromatic heterocycles. The predicted molar refractivity (Wildman–Crippen MR) is 188 cm³/mol. The van der Waals surface area contributed by atoms with Gasteiger partial charge in [0.2, 0.25) is 11.8 Å². The number of carbonyl (C=O) groups is 3. The van der Waals surface area contributed by atoms with Crippen molar-refractivity contribution in [3.05, 3.63) is 108 Å². The number of carbonyl (C=O) groups excluding carboxylic acids is 3. The number of likely N-dealkylation sites (tertiary alicyclic amines) is 1. The van der Waals surface area contributed by atoms with E-state index in [1.807, 2.05) is 93.3 Å². The fraction of sp³-hybridized carbons (Fsp3) is 0.425. The lowest BCUT2D eigenvalue weighted by atomic mass is 9.73. The summed E-state index contributed by atoms with van der Waals surface area (Å²) in [5.41, 5.74) is 10.2. The van der Waals surface area contributed by atoms with Gasteiger partial charge in [-0.3, -0.25) is 14.4 Å². The van der Waals surface area contributed by atoms with Crippen LogP contribution < -0.4 is 5.73 Å². The van der Waals surface area contributed by atoms with Gasteiger partial charge in [0.1, 0.15) is 6.04 Å². The normalized spacial score (nSPS) is 15.5. The third kappa shape index (κ3) is 9.88. The highest BCUT2D eigenvalue weighted by Crippen LogP contribution is 2.37. The van der Waals surface area contributed by atoms with Gasteiger partial charge in [-0.2, -0.15) is 0 Å². The first-order chi connectivity index (χ1) is 22.4. The summed E-state index contributed by atoms with van der Waals surface area (Å²) in [7, 11) is 1.70. The molecule has 2 amide bonds. The molecule has 1 aliphatic heterocycles. The highest BCUT2D eigenvalue weighted by molar-refractivity contribution is 5.93. The molecule has 1 fully saturated rings. The van der Waals surface area contributed by atoms with Gasteiger partial charge >= 0.3 is 5.97 Å². The lowest BCUT2D eigenvalue weighted by Gasteiger charge is -2.42. The second kappa shape index (κ2) is 16.1. The summed E-state index contributed by atoms with van der Waals surface area (Å²) < 4.78 is 5.70. The molecule has 1 aliphatic rings. The van der Waals surface area contributed by atoms with E-state index in [-0.39, 0.29) is 17.8 Å². The Hall–Kier alpha value is -4.23. The molecule has 0 radical (unpaired) electrons. The number of nitrogens with zero attached hydrogens (tertiary/aromatic N) is 2. The molecule has 0 unspecified atom stereocenters. The first-order valence-corrected chi connectivity index (χ1v) is 16.8. The minimum Gasteiger partial charge on any atom is -0.465 e. The number of amides is 2. The van der Waals surface area contributed by atoms with Crippen LogP contribution in [0.3, 0.4) is 0 Å². The maximum Gasteiger partial charge on any atom is 0.312 e. The molecule has 0 saturated carbocycles. The lowest BCUT2D eigenvalue weighted by Crippen LogP contribution is -2.54. The molecule has 47 heavy (non-hydrogen) atoms. The monoisotopic (exact) mass is 637 g/mol. The predicted octanol–water partition coefficient (Wildman–Crippen LogP) is 6.60. The van der Waals surface area contributed by atoms with Crippen LogP contribution in [0.25, 0.3) is 11.1 Å². The van der Waals surface area contributed by atoms with Crippen molar-refractivity contribution >= 4 is 17.8 Å². The molecule has 4 rings (SSSR count). The number of benzene rings is 3. The van der Waals surface area contributed by atoms with E-state index in [0.29, 0.717) is 51.8 Å². The number of likely N-dealkylation sites (N-methyl/N-ethyl adjacent to an activating group) is 1. The third-order valence-corrected chi connectivity index (χ3v) is 8.98. The lowest BCUT2D eigenvalue weighted by molar-refractivity contribution is -0.161. The first-order valence-electron chi connectivity index (χ1n) is 16.8. The molecule has 2 N–H and O–H groups in total. The third-order valence-electron chi connectivity index (χ3n) is 8.98. The number of hydrogen-bond acceptors (Lipinski definition) is 5. The van der Waals surface area contributed by atoms with Crippen LogP contribution in [0.1, 0.15) is 64.5 Å². The van der Waals surface area contributed by atoms with E-state index in [9.17, 15) is 14.4 Å². The van der Waals surface area contributed by atoms with Gasteiger partial charge in [0.15, 0.2) is 0 Å². The molecule has 0 aliphatic carbocycles. The van der Waals surface area contributed by atoms with Crippen LogP contribution in [0, 0.1) is 5.41 Å². The van der Waals surface area contributed by atoms with Crippen molar-refractivity contribution in [1.29, 1.82) is 0 Å². The Morgan fingerprint density at radius 2 is 1.49 bits per heavy atom. The van der Waals surface area contributed by atoms with Gasteiger partial charge in [-0.15, -0.1) is 0 Å².